The molecule has 0 bridgehead atoms. The molecule has 2 aromatic carbocycles. The maximum atomic E-state index is 15.5. The van der Waals surface area contributed by atoms with Crippen LogP contribution in [0.3, 0.4) is 0 Å². The molecule has 10 nitrogen and oxygen atoms in total. The number of nitrogens with one attached hydrogen (secondary N) is 1. The maximum Gasteiger partial charge on any atom is 0.264 e. The third-order valence-electron chi connectivity index (χ3n) is 8.01. The van der Waals surface area contributed by atoms with Gasteiger partial charge >= 0.3 is 0 Å². The van der Waals surface area contributed by atoms with E-state index in [1.165, 1.54) is 30.6 Å². The van der Waals surface area contributed by atoms with E-state index in [9.17, 15) is 18.8 Å². The number of hydrogen-bond acceptors (Lipinski definition) is 8. The molecular formula is C31H29F3N8O2. The Kier molecular flexibility index (Phi) is 8.17. The molecule has 1 amide bonds. The zero-order valence-corrected chi connectivity index (χ0v) is 23.6. The largest absolute Gasteiger partial charge is 0.454 e. The average Bonchev–Trinajstić information content (AvgIpc) is 3.64. The Bertz CT molecular complexity index is 1790. The van der Waals surface area contributed by atoms with Crippen molar-refractivity contribution in [3.8, 4) is 28.8 Å². The molecule has 226 valence electrons. The fourth-order valence-electron chi connectivity index (χ4n) is 5.85. The predicted molar refractivity (Wildman–Crippen MR) is 156 cm³/mol. The van der Waals surface area contributed by atoms with E-state index < -0.39 is 17.5 Å². The molecule has 4 heterocycles. The number of benzene rings is 2. The maximum absolute atomic E-state index is 15.5. The first-order valence-corrected chi connectivity index (χ1v) is 14.4. The lowest BCUT2D eigenvalue weighted by Gasteiger charge is -2.25. The number of halogens is 3. The van der Waals surface area contributed by atoms with Gasteiger partial charge in [-0.2, -0.15) is 14.8 Å². The molecule has 2 aromatic heterocycles. The molecule has 2 aliphatic heterocycles. The van der Waals surface area contributed by atoms with E-state index in [0.29, 0.717) is 24.0 Å². The summed E-state index contributed by atoms with van der Waals surface area (Å²) >= 11 is 0. The number of piperidine rings is 1. The molecule has 6 rings (SSSR count). The van der Waals surface area contributed by atoms with Crippen molar-refractivity contribution in [3.05, 3.63) is 71.8 Å². The summed E-state index contributed by atoms with van der Waals surface area (Å²) in [6.07, 6.45) is 6.41. The molecule has 0 spiro atoms. The number of hydrogen-bond donors (Lipinski definition) is 2. The highest BCUT2D eigenvalue weighted by atomic mass is 19.2. The first-order valence-electron chi connectivity index (χ1n) is 14.4. The van der Waals surface area contributed by atoms with E-state index in [4.69, 9.17) is 10.5 Å². The lowest BCUT2D eigenvalue weighted by Crippen LogP contribution is -2.39. The monoisotopic (exact) mass is 602 g/mol. The summed E-state index contributed by atoms with van der Waals surface area (Å²) in [5, 5.41) is 18.1. The van der Waals surface area contributed by atoms with Gasteiger partial charge in [-0.3, -0.25) is 4.79 Å². The number of aromatic nitrogens is 4. The Labute approximate surface area is 250 Å². The van der Waals surface area contributed by atoms with E-state index in [1.807, 2.05) is 0 Å². The first-order chi connectivity index (χ1) is 21.3. The number of nitrogen functional groups attached to an aromatic ring is 1. The van der Waals surface area contributed by atoms with Crippen LogP contribution in [0, 0.1) is 34.7 Å². The smallest absolute Gasteiger partial charge is 0.264 e. The Hall–Kier alpha value is -4.96. The number of likely N-dealkylation sites (tertiary alicyclic amines) is 1. The van der Waals surface area contributed by atoms with Crippen LogP contribution in [0.15, 0.2) is 54.4 Å². The van der Waals surface area contributed by atoms with Crippen LogP contribution in [0.2, 0.25) is 0 Å². The summed E-state index contributed by atoms with van der Waals surface area (Å²) in [6.45, 7) is 2.40. The molecular weight excluding hydrogens is 573 g/mol. The van der Waals surface area contributed by atoms with Gasteiger partial charge < -0.3 is 20.7 Å². The number of nitrogens with zero attached hydrogens (tertiary/aromatic N) is 6. The highest BCUT2D eigenvalue weighted by molar-refractivity contribution is 5.99. The third-order valence-corrected chi connectivity index (χ3v) is 8.01. The predicted octanol–water partition coefficient (Wildman–Crippen LogP) is 4.73. The molecule has 2 unspecified atom stereocenters. The second kappa shape index (κ2) is 12.3. The van der Waals surface area contributed by atoms with Gasteiger partial charge in [0.2, 0.25) is 5.82 Å². The number of carbonyl (C=O) groups is 1. The lowest BCUT2D eigenvalue weighted by molar-refractivity contribution is -0.127. The summed E-state index contributed by atoms with van der Waals surface area (Å²) in [5.74, 6) is -3.55. The number of fused-ring (bicyclic) bond motifs is 1. The molecule has 44 heavy (non-hydrogen) atoms. The van der Waals surface area contributed by atoms with Crippen LogP contribution in [-0.4, -0.2) is 56.2 Å². The van der Waals surface area contributed by atoms with Crippen LogP contribution in [-0.2, 0) is 11.3 Å². The minimum atomic E-state index is -1.19. The van der Waals surface area contributed by atoms with Crippen LogP contribution in [0.5, 0.6) is 11.5 Å². The highest BCUT2D eigenvalue weighted by Gasteiger charge is 2.33. The number of ether oxygens (including phenoxy) is 1. The minimum Gasteiger partial charge on any atom is -0.454 e. The second-order valence-corrected chi connectivity index (χ2v) is 10.9. The molecule has 0 aliphatic carbocycles. The lowest BCUT2D eigenvalue weighted by atomic mass is 9.96. The number of amides is 1. The minimum absolute atomic E-state index is 0.0471. The molecule has 2 fully saturated rings. The van der Waals surface area contributed by atoms with E-state index in [2.05, 4.69) is 26.5 Å². The molecule has 4 aromatic rings. The molecule has 0 saturated carbocycles. The fraction of sp³-hybridized carbons (Fsp3) is 0.323. The first kappa shape index (κ1) is 29.1. The summed E-state index contributed by atoms with van der Waals surface area (Å²) in [7, 11) is 0. The molecule has 2 aliphatic rings. The number of nitrogens with two attached hydrogens (primary N) is 1. The van der Waals surface area contributed by atoms with Crippen molar-refractivity contribution in [1.82, 2.24) is 30.0 Å². The number of rotatable bonds is 7. The van der Waals surface area contributed by atoms with Crippen LogP contribution in [0.1, 0.15) is 25.7 Å². The van der Waals surface area contributed by atoms with Crippen molar-refractivity contribution in [2.24, 2.45) is 5.92 Å². The highest BCUT2D eigenvalue weighted by Crippen LogP contribution is 2.35. The van der Waals surface area contributed by atoms with Gasteiger partial charge in [0.15, 0.2) is 17.2 Å². The molecule has 3 N–H and O–H groups in total. The summed E-state index contributed by atoms with van der Waals surface area (Å²) in [6, 6.07) is 9.13. The Morgan fingerprint density at radius 2 is 2.02 bits per heavy atom. The van der Waals surface area contributed by atoms with Crippen molar-refractivity contribution in [2.75, 3.05) is 25.4 Å². The van der Waals surface area contributed by atoms with E-state index in [-0.39, 0.29) is 58.6 Å². The van der Waals surface area contributed by atoms with E-state index in [0.717, 1.165) is 44.5 Å². The van der Waals surface area contributed by atoms with Crippen molar-refractivity contribution < 1.29 is 22.7 Å². The quantitative estimate of drug-likeness (QED) is 0.229. The zero-order valence-electron chi connectivity index (χ0n) is 23.6. The number of anilines is 1. The van der Waals surface area contributed by atoms with Gasteiger partial charge in [0, 0.05) is 24.7 Å². The number of carbonyl (C=O) groups excluding carboxylic acids is 1. The van der Waals surface area contributed by atoms with Gasteiger partial charge in [-0.15, -0.1) is 0 Å². The van der Waals surface area contributed by atoms with Gasteiger partial charge in [0.25, 0.3) is 5.91 Å². The molecule has 2 saturated heterocycles. The molecule has 2 atom stereocenters. The van der Waals surface area contributed by atoms with E-state index >= 15 is 4.39 Å². The van der Waals surface area contributed by atoms with Gasteiger partial charge in [-0.05, 0) is 62.4 Å². The SMILES string of the molecule is N#CC(=CC1CCCNC1)C(=O)N1CCCC1Cn1nc(-c2ccc(Oc3cccc(F)c3F)cc2F)c2c(N)ncnc21. The van der Waals surface area contributed by atoms with Gasteiger partial charge in [0.05, 0.1) is 18.0 Å². The summed E-state index contributed by atoms with van der Waals surface area (Å²) < 4.78 is 50.1. The van der Waals surface area contributed by atoms with Crippen LogP contribution in [0.25, 0.3) is 22.3 Å². The van der Waals surface area contributed by atoms with Crippen LogP contribution < -0.4 is 15.8 Å². The standard InChI is InChI=1S/C31H29F3N8O2/c32-23-6-1-7-25(27(23)34)44-21-8-9-22(24(33)13-21)28-26-29(36)38-17-39-30(26)42(40-28)16-20-5-3-11-41(20)31(43)19(14-35)12-18-4-2-10-37-15-18/h1,6-9,12-13,17-18,20,37H,2-5,10-11,15-16H2,(H2,36,38,39). The zero-order chi connectivity index (χ0) is 30.8. The third kappa shape index (κ3) is 5.68. The molecule has 13 heteroatoms. The Morgan fingerprint density at radius 3 is 2.80 bits per heavy atom. The van der Waals surface area contributed by atoms with Gasteiger partial charge in [0.1, 0.15) is 41.0 Å². The fourth-order valence-corrected chi connectivity index (χ4v) is 5.85. The van der Waals surface area contributed by atoms with Gasteiger partial charge in [-0.25, -0.2) is 23.4 Å². The van der Waals surface area contributed by atoms with Crippen molar-refractivity contribution in [2.45, 2.75) is 38.3 Å². The topological polar surface area (TPSA) is 135 Å². The van der Waals surface area contributed by atoms with Crippen molar-refractivity contribution in [1.29, 1.82) is 5.26 Å². The van der Waals surface area contributed by atoms with Crippen molar-refractivity contribution >= 4 is 22.8 Å². The van der Waals surface area contributed by atoms with Gasteiger partial charge in [-0.1, -0.05) is 12.1 Å². The Balaban J connectivity index is 1.29. The second-order valence-electron chi connectivity index (χ2n) is 10.9. The summed E-state index contributed by atoms with van der Waals surface area (Å²) in [4.78, 5) is 23.6. The van der Waals surface area contributed by atoms with Crippen LogP contribution in [0.4, 0.5) is 19.0 Å². The van der Waals surface area contributed by atoms with Crippen molar-refractivity contribution in [3.63, 3.8) is 0 Å². The Morgan fingerprint density at radius 1 is 1.16 bits per heavy atom. The summed E-state index contributed by atoms with van der Waals surface area (Å²) in [5.41, 5.74) is 6.94. The van der Waals surface area contributed by atoms with E-state index in [1.54, 1.807) is 15.7 Å². The number of nitriles is 1. The molecule has 0 radical (unpaired) electrons. The average molecular weight is 603 g/mol. The normalized spacial score (nSPS) is 18.9. The van der Waals surface area contributed by atoms with Crippen LogP contribution >= 0.6 is 0 Å².